The normalized spacial score (nSPS) is 12.1. The van der Waals surface area contributed by atoms with Crippen molar-refractivity contribution < 1.29 is 9.84 Å². The van der Waals surface area contributed by atoms with E-state index in [0.29, 0.717) is 24.1 Å². The summed E-state index contributed by atoms with van der Waals surface area (Å²) < 4.78 is 5.19. The molecule has 2 aromatic carbocycles. The predicted octanol–water partition coefficient (Wildman–Crippen LogP) is 3.76. The van der Waals surface area contributed by atoms with E-state index in [2.05, 4.69) is 15.6 Å². The Morgan fingerprint density at radius 3 is 2.65 bits per heavy atom. The van der Waals surface area contributed by atoms with Gasteiger partial charge in [0, 0.05) is 18.1 Å². The van der Waals surface area contributed by atoms with Gasteiger partial charge in [-0.25, -0.2) is 4.99 Å². The average molecular weight is 490 g/mol. The number of aliphatic hydroxyl groups excluding tert-OH is 1. The van der Waals surface area contributed by atoms with Crippen LogP contribution in [0, 0.1) is 0 Å². The summed E-state index contributed by atoms with van der Waals surface area (Å²) in [4.78, 5) is 4.52. The van der Waals surface area contributed by atoms with Gasteiger partial charge in [-0.15, -0.1) is 24.0 Å². The summed E-state index contributed by atoms with van der Waals surface area (Å²) in [5.74, 6) is 1.35. The van der Waals surface area contributed by atoms with Crippen molar-refractivity contribution in [1.82, 2.24) is 10.6 Å². The quantitative estimate of drug-likeness (QED) is 0.315. The summed E-state index contributed by atoms with van der Waals surface area (Å²) in [6.07, 6.45) is -0.667. The fourth-order valence-electron chi connectivity index (χ4n) is 2.29. The zero-order valence-corrected chi connectivity index (χ0v) is 18.0. The minimum atomic E-state index is -0.667. The van der Waals surface area contributed by atoms with Crippen LogP contribution in [0.15, 0.2) is 53.5 Å². The minimum absolute atomic E-state index is 0. The first-order chi connectivity index (χ1) is 12.1. The van der Waals surface area contributed by atoms with E-state index >= 15 is 0 Å². The van der Waals surface area contributed by atoms with Crippen LogP contribution in [0.2, 0.25) is 5.02 Å². The van der Waals surface area contributed by atoms with E-state index in [9.17, 15) is 5.11 Å². The van der Waals surface area contributed by atoms with Gasteiger partial charge in [-0.3, -0.25) is 0 Å². The molecule has 3 N–H and O–H groups in total. The molecule has 1 atom stereocenters. The molecule has 2 aromatic rings. The lowest BCUT2D eigenvalue weighted by Gasteiger charge is -2.16. The standard InChI is InChI=1S/C19H24ClN3O2.HI/c1-3-21-19(22-12-15-7-4-5-10-17(15)20)23-13-18(24)14-8-6-9-16(11-14)25-2;/h4-11,18,24H,3,12-13H2,1-2H3,(H2,21,22,23);1H. The smallest absolute Gasteiger partial charge is 0.191 e. The molecular formula is C19H25ClIN3O2. The van der Waals surface area contributed by atoms with Crippen LogP contribution < -0.4 is 15.4 Å². The number of rotatable bonds is 7. The van der Waals surface area contributed by atoms with Crippen molar-refractivity contribution >= 4 is 41.5 Å². The molecule has 7 heteroatoms. The number of benzene rings is 2. The van der Waals surface area contributed by atoms with Crippen molar-refractivity contribution in [2.45, 2.75) is 19.6 Å². The predicted molar refractivity (Wildman–Crippen MR) is 118 cm³/mol. The Morgan fingerprint density at radius 2 is 1.96 bits per heavy atom. The van der Waals surface area contributed by atoms with Crippen molar-refractivity contribution in [3.05, 3.63) is 64.7 Å². The molecule has 0 aliphatic rings. The Morgan fingerprint density at radius 1 is 1.19 bits per heavy atom. The maximum atomic E-state index is 10.4. The molecule has 0 aliphatic carbocycles. The van der Waals surface area contributed by atoms with E-state index in [1.807, 2.05) is 55.5 Å². The van der Waals surface area contributed by atoms with Gasteiger partial charge in [-0.1, -0.05) is 41.9 Å². The number of guanidine groups is 1. The molecule has 0 bridgehead atoms. The maximum absolute atomic E-state index is 10.4. The van der Waals surface area contributed by atoms with E-state index in [1.54, 1.807) is 7.11 Å². The Kier molecular flexibility index (Phi) is 10.4. The first-order valence-electron chi connectivity index (χ1n) is 8.21. The maximum Gasteiger partial charge on any atom is 0.191 e. The molecule has 26 heavy (non-hydrogen) atoms. The van der Waals surface area contributed by atoms with Crippen molar-refractivity contribution in [1.29, 1.82) is 0 Å². The van der Waals surface area contributed by atoms with Crippen molar-refractivity contribution in [3.8, 4) is 5.75 Å². The second-order valence-electron chi connectivity index (χ2n) is 5.46. The Labute approximate surface area is 176 Å². The Balaban J connectivity index is 0.00000338. The number of hydrogen-bond acceptors (Lipinski definition) is 3. The number of nitrogens with one attached hydrogen (secondary N) is 2. The summed E-state index contributed by atoms with van der Waals surface area (Å²) in [6.45, 7) is 3.51. The molecule has 0 amide bonds. The average Bonchev–Trinajstić information content (AvgIpc) is 2.65. The van der Waals surface area contributed by atoms with E-state index in [0.717, 1.165) is 23.4 Å². The zero-order valence-electron chi connectivity index (χ0n) is 14.9. The molecule has 0 heterocycles. The number of ether oxygens (including phenoxy) is 1. The number of halogens is 2. The van der Waals surface area contributed by atoms with Gasteiger partial charge < -0.3 is 20.5 Å². The molecule has 0 aliphatic heterocycles. The van der Waals surface area contributed by atoms with Crippen LogP contribution in [0.1, 0.15) is 24.2 Å². The van der Waals surface area contributed by atoms with Crippen LogP contribution in [0.5, 0.6) is 5.75 Å². The number of nitrogens with zero attached hydrogens (tertiary/aromatic N) is 1. The van der Waals surface area contributed by atoms with Gasteiger partial charge in [0.05, 0.1) is 19.8 Å². The third-order valence-corrected chi connectivity index (χ3v) is 4.02. The monoisotopic (exact) mass is 489 g/mol. The van der Waals surface area contributed by atoms with Gasteiger partial charge in [0.1, 0.15) is 5.75 Å². The highest BCUT2D eigenvalue weighted by Gasteiger charge is 2.09. The highest BCUT2D eigenvalue weighted by molar-refractivity contribution is 14.0. The zero-order chi connectivity index (χ0) is 18.1. The molecule has 0 fully saturated rings. The molecule has 1 unspecified atom stereocenters. The van der Waals surface area contributed by atoms with Crippen LogP contribution in [0.4, 0.5) is 0 Å². The second kappa shape index (κ2) is 12.0. The van der Waals surface area contributed by atoms with E-state index in [1.165, 1.54) is 0 Å². The van der Waals surface area contributed by atoms with Crippen molar-refractivity contribution in [2.75, 3.05) is 20.2 Å². The highest BCUT2D eigenvalue weighted by atomic mass is 127. The van der Waals surface area contributed by atoms with Gasteiger partial charge in [-0.2, -0.15) is 0 Å². The van der Waals surface area contributed by atoms with E-state index < -0.39 is 6.10 Å². The first-order valence-corrected chi connectivity index (χ1v) is 8.59. The summed E-state index contributed by atoms with van der Waals surface area (Å²) in [6, 6.07) is 15.0. The molecule has 5 nitrogen and oxygen atoms in total. The van der Waals surface area contributed by atoms with E-state index in [4.69, 9.17) is 16.3 Å². The molecule has 0 radical (unpaired) electrons. The summed E-state index contributed by atoms with van der Waals surface area (Å²) in [5, 5.41) is 17.4. The van der Waals surface area contributed by atoms with Gasteiger partial charge in [0.2, 0.25) is 0 Å². The number of aliphatic imine (C=N–C) groups is 1. The van der Waals surface area contributed by atoms with Gasteiger partial charge >= 0.3 is 0 Å². The number of hydrogen-bond donors (Lipinski definition) is 3. The third-order valence-electron chi connectivity index (χ3n) is 3.65. The molecule has 2 rings (SSSR count). The molecule has 0 saturated heterocycles. The van der Waals surface area contributed by atoms with Gasteiger partial charge in [-0.05, 0) is 36.2 Å². The Hall–Kier alpha value is -1.51. The van der Waals surface area contributed by atoms with Crippen LogP contribution in [0.3, 0.4) is 0 Å². The second-order valence-corrected chi connectivity index (χ2v) is 5.87. The van der Waals surface area contributed by atoms with Crippen LogP contribution in [-0.4, -0.2) is 31.3 Å². The van der Waals surface area contributed by atoms with Crippen molar-refractivity contribution in [2.24, 2.45) is 4.99 Å². The summed E-state index contributed by atoms with van der Waals surface area (Å²) in [7, 11) is 1.61. The number of aliphatic hydroxyl groups is 1. The van der Waals surface area contributed by atoms with Crippen LogP contribution in [0.25, 0.3) is 0 Å². The molecule has 142 valence electrons. The van der Waals surface area contributed by atoms with Gasteiger partial charge in [0.25, 0.3) is 0 Å². The third kappa shape index (κ3) is 7.01. The molecule has 0 saturated carbocycles. The topological polar surface area (TPSA) is 65.9 Å². The minimum Gasteiger partial charge on any atom is -0.497 e. The summed E-state index contributed by atoms with van der Waals surface area (Å²) in [5.41, 5.74) is 1.74. The Bertz CT molecular complexity index is 713. The van der Waals surface area contributed by atoms with Gasteiger partial charge in [0.15, 0.2) is 5.96 Å². The number of methoxy groups -OCH3 is 1. The van der Waals surface area contributed by atoms with Crippen LogP contribution >= 0.6 is 35.6 Å². The lowest BCUT2D eigenvalue weighted by atomic mass is 10.1. The van der Waals surface area contributed by atoms with E-state index in [-0.39, 0.29) is 24.0 Å². The summed E-state index contributed by atoms with van der Waals surface area (Å²) >= 11 is 6.16. The molecule has 0 aromatic heterocycles. The lowest BCUT2D eigenvalue weighted by Crippen LogP contribution is -2.39. The van der Waals surface area contributed by atoms with Crippen molar-refractivity contribution in [3.63, 3.8) is 0 Å². The lowest BCUT2D eigenvalue weighted by molar-refractivity contribution is 0.180. The fourth-order valence-corrected chi connectivity index (χ4v) is 2.49. The largest absolute Gasteiger partial charge is 0.497 e. The highest BCUT2D eigenvalue weighted by Crippen LogP contribution is 2.18. The SMILES string of the molecule is CCNC(=NCc1ccccc1Cl)NCC(O)c1cccc(OC)c1.I. The first kappa shape index (κ1) is 22.5. The molecular weight excluding hydrogens is 465 g/mol. The molecule has 0 spiro atoms. The van der Waals surface area contributed by atoms with Crippen LogP contribution in [-0.2, 0) is 6.54 Å². The fraction of sp³-hybridized carbons (Fsp3) is 0.316.